The highest BCUT2D eigenvalue weighted by atomic mass is 16.5. The summed E-state index contributed by atoms with van der Waals surface area (Å²) < 4.78 is 5.69. The van der Waals surface area contributed by atoms with Crippen LogP contribution < -0.4 is 10.1 Å². The van der Waals surface area contributed by atoms with Gasteiger partial charge < -0.3 is 10.1 Å². The first-order valence-corrected chi connectivity index (χ1v) is 5.31. The smallest absolute Gasteiger partial charge is 0.127 e. The van der Waals surface area contributed by atoms with Gasteiger partial charge in [0.2, 0.25) is 0 Å². The molecule has 0 heterocycles. The first-order valence-electron chi connectivity index (χ1n) is 5.31. The van der Waals surface area contributed by atoms with Crippen molar-refractivity contribution in [3.8, 4) is 11.5 Å². The van der Waals surface area contributed by atoms with Crippen LogP contribution in [0.1, 0.15) is 5.56 Å². The van der Waals surface area contributed by atoms with Gasteiger partial charge in [0.15, 0.2) is 0 Å². The third-order valence-corrected chi connectivity index (χ3v) is 2.28. The van der Waals surface area contributed by atoms with Gasteiger partial charge >= 0.3 is 0 Å². The van der Waals surface area contributed by atoms with Crippen LogP contribution in [0.2, 0.25) is 0 Å². The number of nitrogens with two attached hydrogens (primary N) is 1. The fraction of sp³-hybridized carbons (Fsp3) is 0.0714. The van der Waals surface area contributed by atoms with Crippen molar-refractivity contribution in [2.24, 2.45) is 0 Å². The Morgan fingerprint density at radius 3 is 2.12 bits per heavy atom. The predicted octanol–water partition coefficient (Wildman–Crippen LogP) is 2.33. The number of para-hydroxylation sites is 1. The van der Waals surface area contributed by atoms with Gasteiger partial charge in [0.05, 0.1) is 6.54 Å². The van der Waals surface area contributed by atoms with E-state index in [-0.39, 0.29) is 0 Å². The highest BCUT2D eigenvalue weighted by Gasteiger charge is 1.96. The average molecular weight is 213 g/mol. The predicted molar refractivity (Wildman–Crippen MR) is 63.9 cm³/mol. The maximum atomic E-state index is 5.69. The molecule has 0 radical (unpaired) electrons. The molecule has 2 heteroatoms. The van der Waals surface area contributed by atoms with Gasteiger partial charge in [0, 0.05) is 5.56 Å². The molecule has 0 aliphatic rings. The molecule has 16 heavy (non-hydrogen) atoms. The molecule has 0 amide bonds. The minimum Gasteiger partial charge on any atom is -0.475 e. The van der Waals surface area contributed by atoms with Gasteiger partial charge in [0.25, 0.3) is 0 Å². The molecule has 0 unspecified atom stereocenters. The van der Waals surface area contributed by atoms with E-state index in [0.29, 0.717) is 0 Å². The highest BCUT2D eigenvalue weighted by molar-refractivity contribution is 5.32. The maximum absolute atomic E-state index is 5.69. The van der Waals surface area contributed by atoms with Crippen molar-refractivity contribution in [3.05, 3.63) is 67.2 Å². The van der Waals surface area contributed by atoms with E-state index < -0.39 is 0 Å². The second-order valence-corrected chi connectivity index (χ2v) is 3.55. The van der Waals surface area contributed by atoms with E-state index in [1.54, 1.807) is 0 Å². The lowest BCUT2D eigenvalue weighted by Gasteiger charge is -2.06. The summed E-state index contributed by atoms with van der Waals surface area (Å²) in [7, 11) is 3.71. The molecule has 0 aromatic heterocycles. The van der Waals surface area contributed by atoms with E-state index in [9.17, 15) is 0 Å². The molecule has 0 aliphatic heterocycles. The van der Waals surface area contributed by atoms with Crippen molar-refractivity contribution >= 4 is 0 Å². The van der Waals surface area contributed by atoms with E-state index in [0.717, 1.165) is 18.0 Å². The summed E-state index contributed by atoms with van der Waals surface area (Å²) in [6.45, 7) is 0.894. The third-order valence-electron chi connectivity index (χ3n) is 2.28. The number of quaternary nitrogens is 1. The van der Waals surface area contributed by atoms with Crippen LogP contribution in [0.25, 0.3) is 0 Å². The maximum Gasteiger partial charge on any atom is 0.127 e. The molecule has 82 valence electrons. The van der Waals surface area contributed by atoms with Gasteiger partial charge in [-0.2, -0.15) is 7.05 Å². The molecule has 0 aliphatic carbocycles. The Morgan fingerprint density at radius 1 is 0.875 bits per heavy atom. The number of benzene rings is 2. The van der Waals surface area contributed by atoms with Crippen LogP contribution in [-0.2, 0) is 6.54 Å². The Morgan fingerprint density at radius 2 is 1.50 bits per heavy atom. The van der Waals surface area contributed by atoms with Gasteiger partial charge in [-0.15, -0.1) is 0 Å². The quantitative estimate of drug-likeness (QED) is 0.775. The van der Waals surface area contributed by atoms with Crippen molar-refractivity contribution in [1.29, 1.82) is 0 Å². The molecule has 0 atom stereocenters. The zero-order valence-corrected chi connectivity index (χ0v) is 9.10. The summed E-state index contributed by atoms with van der Waals surface area (Å²) in [4.78, 5) is 0. The van der Waals surface area contributed by atoms with E-state index in [1.165, 1.54) is 5.56 Å². The molecule has 0 spiro atoms. The normalized spacial score (nSPS) is 10.1. The van der Waals surface area contributed by atoms with Gasteiger partial charge in [0.1, 0.15) is 11.5 Å². The summed E-state index contributed by atoms with van der Waals surface area (Å²) >= 11 is 0. The SMILES string of the molecule is [CH2-][NH2+]Cc1ccc(Oc2ccccc2)cc1. The lowest BCUT2D eigenvalue weighted by Crippen LogP contribution is -2.74. The third kappa shape index (κ3) is 2.84. The molecule has 2 aromatic rings. The second kappa shape index (κ2) is 5.33. The Balaban J connectivity index is 2.05. The summed E-state index contributed by atoms with van der Waals surface area (Å²) in [6.07, 6.45) is 0. The molecule has 2 aromatic carbocycles. The standard InChI is InChI=1S/C14H15NO/c1-15-11-12-7-9-14(10-8-12)16-13-5-3-2-4-6-13/h2-10H,1,11,15H2. The number of rotatable bonds is 4. The first-order chi connectivity index (χ1) is 7.88. The van der Waals surface area contributed by atoms with Gasteiger partial charge in [-0.3, -0.25) is 0 Å². The van der Waals surface area contributed by atoms with Crippen molar-refractivity contribution in [2.75, 3.05) is 0 Å². The van der Waals surface area contributed by atoms with Crippen molar-refractivity contribution < 1.29 is 10.1 Å². The minimum absolute atomic E-state index is 0.860. The average Bonchev–Trinajstić information content (AvgIpc) is 2.33. The molecule has 0 saturated heterocycles. The van der Waals surface area contributed by atoms with Gasteiger partial charge in [-0.05, 0) is 36.4 Å². The van der Waals surface area contributed by atoms with E-state index in [2.05, 4.69) is 19.2 Å². The number of ether oxygens (including phenoxy) is 1. The molecular weight excluding hydrogens is 198 g/mol. The van der Waals surface area contributed by atoms with Crippen LogP contribution >= 0.6 is 0 Å². The Hall–Kier alpha value is -1.80. The molecule has 2 rings (SSSR count). The largest absolute Gasteiger partial charge is 0.475 e. The second-order valence-electron chi connectivity index (χ2n) is 3.55. The van der Waals surface area contributed by atoms with Crippen molar-refractivity contribution in [2.45, 2.75) is 6.54 Å². The fourth-order valence-corrected chi connectivity index (χ4v) is 1.48. The molecular formula is C14H15NO. The minimum atomic E-state index is 0.860. The molecule has 2 nitrogen and oxygen atoms in total. The first kappa shape index (κ1) is 10.7. The topological polar surface area (TPSA) is 25.8 Å². The van der Waals surface area contributed by atoms with Crippen LogP contribution in [0.15, 0.2) is 54.6 Å². The molecule has 0 bridgehead atoms. The Labute approximate surface area is 95.9 Å². The summed E-state index contributed by atoms with van der Waals surface area (Å²) in [5, 5.41) is 1.90. The lowest BCUT2D eigenvalue weighted by molar-refractivity contribution is -0.612. The van der Waals surface area contributed by atoms with Crippen molar-refractivity contribution in [1.82, 2.24) is 0 Å². The van der Waals surface area contributed by atoms with Crippen LogP contribution in [0.3, 0.4) is 0 Å². The summed E-state index contributed by atoms with van der Waals surface area (Å²) in [5.41, 5.74) is 1.25. The van der Waals surface area contributed by atoms with Crippen LogP contribution in [-0.4, -0.2) is 0 Å². The summed E-state index contributed by atoms with van der Waals surface area (Å²) in [6, 6.07) is 17.8. The van der Waals surface area contributed by atoms with Gasteiger partial charge in [-0.25, -0.2) is 0 Å². The lowest BCUT2D eigenvalue weighted by atomic mass is 10.2. The van der Waals surface area contributed by atoms with Crippen LogP contribution in [0.5, 0.6) is 11.5 Å². The zero-order chi connectivity index (χ0) is 11.2. The van der Waals surface area contributed by atoms with Crippen LogP contribution in [0, 0.1) is 7.05 Å². The Bertz CT molecular complexity index is 422. The molecule has 0 saturated carbocycles. The van der Waals surface area contributed by atoms with Gasteiger partial charge in [-0.1, -0.05) is 18.2 Å². The van der Waals surface area contributed by atoms with E-state index >= 15 is 0 Å². The highest BCUT2D eigenvalue weighted by Crippen LogP contribution is 2.20. The molecule has 2 N–H and O–H groups in total. The van der Waals surface area contributed by atoms with Crippen LogP contribution in [0.4, 0.5) is 0 Å². The Kier molecular flexibility index (Phi) is 3.57. The summed E-state index contributed by atoms with van der Waals surface area (Å²) in [5.74, 6) is 1.72. The van der Waals surface area contributed by atoms with E-state index in [4.69, 9.17) is 4.74 Å². The van der Waals surface area contributed by atoms with Crippen molar-refractivity contribution in [3.63, 3.8) is 0 Å². The zero-order valence-electron chi connectivity index (χ0n) is 9.10. The molecule has 0 fully saturated rings. The monoisotopic (exact) mass is 213 g/mol. The number of hydrogen-bond donors (Lipinski definition) is 1. The fourth-order valence-electron chi connectivity index (χ4n) is 1.48. The van der Waals surface area contributed by atoms with E-state index in [1.807, 2.05) is 47.8 Å². The number of hydrogen-bond acceptors (Lipinski definition) is 1.